The molecule has 0 nitrogen and oxygen atoms in total. The molecule has 0 N–H and O–H groups in total. The van der Waals surface area contributed by atoms with Crippen molar-refractivity contribution in [3.05, 3.63) is 58.4 Å². The molecule has 0 radical (unpaired) electrons. The lowest BCUT2D eigenvalue weighted by Crippen LogP contribution is -1.94. The Morgan fingerprint density at radius 1 is 1.33 bits per heavy atom. The molecule has 0 unspecified atom stereocenters. The summed E-state index contributed by atoms with van der Waals surface area (Å²) in [6, 6.07) is 7.72. The maximum absolute atomic E-state index is 13.0. The molecule has 2 heteroatoms. The molecule has 1 aliphatic carbocycles. The van der Waals surface area contributed by atoms with Gasteiger partial charge in [0.25, 0.3) is 0 Å². The minimum Gasteiger partial charge on any atom is -0.207 e. The van der Waals surface area contributed by atoms with Crippen LogP contribution in [-0.4, -0.2) is 0 Å². The third-order valence-corrected chi connectivity index (χ3v) is 2.70. The topological polar surface area (TPSA) is 0 Å². The Morgan fingerprint density at radius 2 is 2.20 bits per heavy atom. The van der Waals surface area contributed by atoms with E-state index in [-0.39, 0.29) is 5.83 Å². The van der Waals surface area contributed by atoms with Gasteiger partial charge < -0.3 is 0 Å². The fraction of sp³-hybridized carbons (Fsp3) is 0.231. The molecule has 1 aromatic rings. The van der Waals surface area contributed by atoms with Crippen molar-refractivity contribution >= 4 is 11.6 Å². The minimum atomic E-state index is -0.113. The van der Waals surface area contributed by atoms with Crippen LogP contribution < -0.4 is 0 Å². The summed E-state index contributed by atoms with van der Waals surface area (Å²) >= 11 is 5.89. The van der Waals surface area contributed by atoms with Crippen LogP contribution in [0.15, 0.2) is 47.8 Å². The van der Waals surface area contributed by atoms with Gasteiger partial charge >= 0.3 is 0 Å². The van der Waals surface area contributed by atoms with Crippen molar-refractivity contribution in [3.63, 3.8) is 0 Å². The molecule has 0 saturated heterocycles. The molecule has 0 saturated carbocycles. The molecular weight excluding hydrogens is 211 g/mol. The first-order valence-corrected chi connectivity index (χ1v) is 5.41. The molecular formula is C13H12ClF. The largest absolute Gasteiger partial charge is 0.207 e. The van der Waals surface area contributed by atoms with E-state index < -0.39 is 0 Å². The third-order valence-electron chi connectivity index (χ3n) is 2.47. The lowest BCUT2D eigenvalue weighted by atomic mass is 9.97. The predicted octanol–water partition coefficient (Wildman–Crippen LogP) is 4.46. The van der Waals surface area contributed by atoms with E-state index in [0.29, 0.717) is 0 Å². The summed E-state index contributed by atoms with van der Waals surface area (Å²) in [6.07, 6.45) is 5.80. The average Bonchev–Trinajstić information content (AvgIpc) is 2.17. The summed E-state index contributed by atoms with van der Waals surface area (Å²) in [5.41, 5.74) is 2.28. The minimum absolute atomic E-state index is 0.113. The Bertz CT molecular complexity index is 418. The van der Waals surface area contributed by atoms with Gasteiger partial charge in [0.2, 0.25) is 0 Å². The van der Waals surface area contributed by atoms with Crippen LogP contribution in [0.3, 0.4) is 0 Å². The van der Waals surface area contributed by atoms with Crippen molar-refractivity contribution in [2.45, 2.75) is 19.3 Å². The Balaban J connectivity index is 2.12. The second-order valence-electron chi connectivity index (χ2n) is 3.74. The molecule has 0 atom stereocenters. The van der Waals surface area contributed by atoms with Crippen LogP contribution >= 0.6 is 11.6 Å². The van der Waals surface area contributed by atoms with Gasteiger partial charge in [-0.15, -0.1) is 0 Å². The van der Waals surface area contributed by atoms with E-state index in [0.717, 1.165) is 35.4 Å². The summed E-state index contributed by atoms with van der Waals surface area (Å²) in [4.78, 5) is 0. The van der Waals surface area contributed by atoms with Gasteiger partial charge in [-0.3, -0.25) is 0 Å². The Hall–Kier alpha value is -1.08. The van der Waals surface area contributed by atoms with E-state index in [1.807, 2.05) is 24.3 Å². The van der Waals surface area contributed by atoms with Gasteiger partial charge in [-0.05, 0) is 49.1 Å². The highest BCUT2D eigenvalue weighted by Crippen LogP contribution is 2.22. The van der Waals surface area contributed by atoms with Crippen LogP contribution in [0.25, 0.3) is 0 Å². The number of benzene rings is 1. The van der Waals surface area contributed by atoms with Crippen molar-refractivity contribution < 1.29 is 4.39 Å². The SMILES string of the molecule is FC1=CCCC(Cc2cccc(Cl)c2)=C1. The lowest BCUT2D eigenvalue weighted by molar-refractivity contribution is 0.645. The quantitative estimate of drug-likeness (QED) is 0.693. The number of halogens is 2. The van der Waals surface area contributed by atoms with Crippen LogP contribution in [0.2, 0.25) is 5.02 Å². The summed E-state index contributed by atoms with van der Waals surface area (Å²) in [5.74, 6) is -0.113. The third kappa shape index (κ3) is 2.93. The molecule has 15 heavy (non-hydrogen) atoms. The van der Waals surface area contributed by atoms with Gasteiger partial charge in [-0.25, -0.2) is 4.39 Å². The Kier molecular flexibility index (Phi) is 3.22. The highest BCUT2D eigenvalue weighted by molar-refractivity contribution is 6.30. The fourth-order valence-electron chi connectivity index (χ4n) is 1.77. The first-order valence-electron chi connectivity index (χ1n) is 5.03. The fourth-order valence-corrected chi connectivity index (χ4v) is 1.98. The first kappa shape index (κ1) is 10.4. The van der Waals surface area contributed by atoms with Gasteiger partial charge in [0.15, 0.2) is 0 Å². The molecule has 0 amide bonds. The van der Waals surface area contributed by atoms with Crippen molar-refractivity contribution in [3.8, 4) is 0 Å². The molecule has 1 aliphatic rings. The molecule has 0 aromatic heterocycles. The highest BCUT2D eigenvalue weighted by atomic mass is 35.5. The molecule has 2 rings (SSSR count). The van der Waals surface area contributed by atoms with Gasteiger partial charge in [-0.1, -0.05) is 29.3 Å². The molecule has 0 fully saturated rings. The summed E-state index contributed by atoms with van der Waals surface area (Å²) < 4.78 is 13.0. The summed E-state index contributed by atoms with van der Waals surface area (Å²) in [7, 11) is 0. The highest BCUT2D eigenvalue weighted by Gasteiger charge is 2.06. The zero-order valence-corrected chi connectivity index (χ0v) is 9.10. The van der Waals surface area contributed by atoms with E-state index >= 15 is 0 Å². The van der Waals surface area contributed by atoms with Gasteiger partial charge in [-0.2, -0.15) is 0 Å². The van der Waals surface area contributed by atoms with Crippen LogP contribution in [0.1, 0.15) is 18.4 Å². The standard InChI is InChI=1S/C13H12ClF/c14-12-5-1-3-10(8-12)7-11-4-2-6-13(15)9-11/h1,3,5-6,8-9H,2,4,7H2. The van der Waals surface area contributed by atoms with Crippen molar-refractivity contribution in [1.82, 2.24) is 0 Å². The molecule has 78 valence electrons. The Morgan fingerprint density at radius 3 is 2.93 bits per heavy atom. The molecule has 0 bridgehead atoms. The average molecular weight is 223 g/mol. The van der Waals surface area contributed by atoms with Gasteiger partial charge in [0.05, 0.1) is 0 Å². The normalized spacial score (nSPS) is 15.9. The van der Waals surface area contributed by atoms with Crippen molar-refractivity contribution in [1.29, 1.82) is 0 Å². The van der Waals surface area contributed by atoms with Gasteiger partial charge in [0.1, 0.15) is 5.83 Å². The van der Waals surface area contributed by atoms with Crippen LogP contribution in [0.5, 0.6) is 0 Å². The number of allylic oxidation sites excluding steroid dienone is 4. The van der Waals surface area contributed by atoms with E-state index in [1.165, 1.54) is 0 Å². The maximum Gasteiger partial charge on any atom is 0.119 e. The summed E-state index contributed by atoms with van der Waals surface area (Å²) in [6.45, 7) is 0. The predicted molar refractivity (Wildman–Crippen MR) is 61.7 cm³/mol. The van der Waals surface area contributed by atoms with Crippen LogP contribution in [0, 0.1) is 0 Å². The lowest BCUT2D eigenvalue weighted by Gasteiger charge is -2.10. The van der Waals surface area contributed by atoms with Crippen molar-refractivity contribution in [2.75, 3.05) is 0 Å². The number of hydrogen-bond donors (Lipinski definition) is 0. The molecule has 0 aliphatic heterocycles. The first-order chi connectivity index (χ1) is 7.24. The second-order valence-corrected chi connectivity index (χ2v) is 4.17. The van der Waals surface area contributed by atoms with Crippen LogP contribution in [-0.2, 0) is 6.42 Å². The maximum atomic E-state index is 13.0. The molecule has 0 spiro atoms. The molecule has 1 aromatic carbocycles. The molecule has 0 heterocycles. The summed E-state index contributed by atoms with van der Waals surface area (Å²) in [5, 5.41) is 0.736. The number of rotatable bonds is 2. The van der Waals surface area contributed by atoms with Crippen molar-refractivity contribution in [2.24, 2.45) is 0 Å². The zero-order chi connectivity index (χ0) is 10.7. The van der Waals surface area contributed by atoms with Crippen LogP contribution in [0.4, 0.5) is 4.39 Å². The zero-order valence-electron chi connectivity index (χ0n) is 8.34. The number of hydrogen-bond acceptors (Lipinski definition) is 0. The van der Waals surface area contributed by atoms with E-state index in [9.17, 15) is 4.39 Å². The van der Waals surface area contributed by atoms with Gasteiger partial charge in [0, 0.05) is 5.02 Å². The Labute approximate surface area is 94.1 Å². The second kappa shape index (κ2) is 4.63. The van der Waals surface area contributed by atoms with E-state index in [2.05, 4.69) is 0 Å². The van der Waals surface area contributed by atoms with E-state index in [1.54, 1.807) is 12.2 Å². The monoisotopic (exact) mass is 222 g/mol. The van der Waals surface area contributed by atoms with E-state index in [4.69, 9.17) is 11.6 Å². The smallest absolute Gasteiger partial charge is 0.119 e.